The van der Waals surface area contributed by atoms with E-state index in [9.17, 15) is 4.79 Å². The summed E-state index contributed by atoms with van der Waals surface area (Å²) in [7, 11) is 3.13. The van der Waals surface area contributed by atoms with Crippen LogP contribution in [0.1, 0.15) is 37.0 Å². The molecule has 0 spiro atoms. The lowest BCUT2D eigenvalue weighted by Gasteiger charge is -2.22. The van der Waals surface area contributed by atoms with Crippen molar-refractivity contribution in [2.24, 2.45) is 5.41 Å². The van der Waals surface area contributed by atoms with Crippen LogP contribution in [0, 0.1) is 19.3 Å². The highest BCUT2D eigenvalue weighted by atomic mass is 16.5. The second-order valence-corrected chi connectivity index (χ2v) is 6.02. The van der Waals surface area contributed by atoms with Crippen molar-refractivity contribution in [3.8, 4) is 5.75 Å². The molecule has 1 atom stereocenters. The van der Waals surface area contributed by atoms with Crippen LogP contribution in [0.5, 0.6) is 5.75 Å². The van der Waals surface area contributed by atoms with Crippen molar-refractivity contribution in [3.63, 3.8) is 0 Å². The lowest BCUT2D eigenvalue weighted by atomic mass is 9.83. The van der Waals surface area contributed by atoms with Gasteiger partial charge in [-0.15, -0.1) is 0 Å². The summed E-state index contributed by atoms with van der Waals surface area (Å²) in [6, 6.07) is 3.95. The molecule has 1 aromatic rings. The van der Waals surface area contributed by atoms with Crippen LogP contribution in [0.4, 0.5) is 0 Å². The molecule has 19 heavy (non-hydrogen) atoms. The molecule has 1 saturated carbocycles. The minimum atomic E-state index is -0.497. The van der Waals surface area contributed by atoms with Gasteiger partial charge in [-0.3, -0.25) is 4.79 Å². The van der Waals surface area contributed by atoms with Crippen LogP contribution in [0.25, 0.3) is 0 Å². The topological polar surface area (TPSA) is 35.5 Å². The van der Waals surface area contributed by atoms with Gasteiger partial charge >= 0.3 is 5.97 Å². The van der Waals surface area contributed by atoms with E-state index in [1.54, 1.807) is 7.11 Å². The first-order chi connectivity index (χ1) is 8.81. The summed E-state index contributed by atoms with van der Waals surface area (Å²) < 4.78 is 10.4. The fraction of sp³-hybridized carbons (Fsp3) is 0.562. The highest BCUT2D eigenvalue weighted by molar-refractivity contribution is 5.89. The van der Waals surface area contributed by atoms with Crippen molar-refractivity contribution >= 4 is 5.97 Å². The molecule has 3 heteroatoms. The van der Waals surface area contributed by atoms with E-state index in [2.05, 4.69) is 13.8 Å². The highest BCUT2D eigenvalue weighted by Gasteiger charge is 2.68. The minimum Gasteiger partial charge on any atom is -0.496 e. The van der Waals surface area contributed by atoms with Gasteiger partial charge in [0.15, 0.2) is 0 Å². The summed E-state index contributed by atoms with van der Waals surface area (Å²) in [6.07, 6.45) is 0.833. The molecule has 0 amide bonds. The van der Waals surface area contributed by atoms with Crippen molar-refractivity contribution < 1.29 is 14.3 Å². The molecule has 1 aromatic carbocycles. The maximum Gasteiger partial charge on any atom is 0.316 e. The summed E-state index contributed by atoms with van der Waals surface area (Å²) in [5, 5.41) is 0. The summed E-state index contributed by atoms with van der Waals surface area (Å²) >= 11 is 0. The Hall–Kier alpha value is -1.51. The van der Waals surface area contributed by atoms with Gasteiger partial charge in [0.1, 0.15) is 5.75 Å². The highest BCUT2D eigenvalue weighted by Crippen LogP contribution is 2.65. The van der Waals surface area contributed by atoms with Gasteiger partial charge in [-0.05, 0) is 48.4 Å². The standard InChI is InChI=1S/C16H22O3/c1-10-11(2)13(18-5)8-7-12(10)16(14(17)19-6)9-15(16,3)4/h7-8H,9H2,1-6H3. The van der Waals surface area contributed by atoms with Gasteiger partial charge in [0.2, 0.25) is 0 Å². The van der Waals surface area contributed by atoms with E-state index >= 15 is 0 Å². The Morgan fingerprint density at radius 1 is 1.16 bits per heavy atom. The SMILES string of the molecule is COC(=O)C1(c2ccc(OC)c(C)c2C)CC1(C)C. The minimum absolute atomic E-state index is 0.0497. The molecular formula is C16H22O3. The molecule has 1 aliphatic carbocycles. The molecule has 1 unspecified atom stereocenters. The Labute approximate surface area is 114 Å². The first kappa shape index (κ1) is 13.9. The summed E-state index contributed by atoms with van der Waals surface area (Å²) in [5.74, 6) is 0.727. The number of benzene rings is 1. The van der Waals surface area contributed by atoms with Crippen molar-refractivity contribution in [1.29, 1.82) is 0 Å². The number of hydrogen-bond acceptors (Lipinski definition) is 3. The fourth-order valence-corrected chi connectivity index (χ4v) is 3.19. The molecular weight excluding hydrogens is 240 g/mol. The summed E-state index contributed by atoms with van der Waals surface area (Å²) in [6.45, 7) is 8.30. The lowest BCUT2D eigenvalue weighted by Crippen LogP contribution is -2.28. The van der Waals surface area contributed by atoms with Crippen LogP contribution in [0.2, 0.25) is 0 Å². The zero-order chi connectivity index (χ0) is 14.4. The van der Waals surface area contributed by atoms with E-state index in [0.29, 0.717) is 0 Å². The molecule has 0 heterocycles. The van der Waals surface area contributed by atoms with Crippen LogP contribution in [-0.4, -0.2) is 20.2 Å². The zero-order valence-electron chi connectivity index (χ0n) is 12.6. The maximum atomic E-state index is 12.3. The van der Waals surface area contributed by atoms with E-state index in [-0.39, 0.29) is 11.4 Å². The average molecular weight is 262 g/mol. The number of ether oxygens (including phenoxy) is 2. The second-order valence-electron chi connectivity index (χ2n) is 6.02. The normalized spacial score (nSPS) is 23.9. The molecule has 0 aromatic heterocycles. The Bertz CT molecular complexity index is 531. The predicted octanol–water partition coefficient (Wildman–Crippen LogP) is 3.15. The van der Waals surface area contributed by atoms with Crippen LogP contribution in [-0.2, 0) is 14.9 Å². The largest absolute Gasteiger partial charge is 0.496 e. The molecule has 1 aliphatic rings. The van der Waals surface area contributed by atoms with Gasteiger partial charge in [0.25, 0.3) is 0 Å². The van der Waals surface area contributed by atoms with Gasteiger partial charge in [0, 0.05) is 0 Å². The number of carbonyl (C=O) groups is 1. The van der Waals surface area contributed by atoms with Gasteiger partial charge in [-0.25, -0.2) is 0 Å². The van der Waals surface area contributed by atoms with Crippen LogP contribution in [0.15, 0.2) is 12.1 Å². The summed E-state index contributed by atoms with van der Waals surface area (Å²) in [4.78, 5) is 12.3. The van der Waals surface area contributed by atoms with Crippen molar-refractivity contribution in [2.75, 3.05) is 14.2 Å². The molecule has 1 fully saturated rings. The smallest absolute Gasteiger partial charge is 0.316 e. The lowest BCUT2D eigenvalue weighted by molar-refractivity contribution is -0.144. The maximum absolute atomic E-state index is 12.3. The zero-order valence-corrected chi connectivity index (χ0v) is 12.6. The second kappa shape index (κ2) is 4.26. The third kappa shape index (κ3) is 1.75. The molecule has 0 N–H and O–H groups in total. The van der Waals surface area contributed by atoms with Crippen molar-refractivity contribution in [1.82, 2.24) is 0 Å². The van der Waals surface area contributed by atoms with E-state index in [0.717, 1.165) is 28.9 Å². The molecule has 0 bridgehead atoms. The van der Waals surface area contributed by atoms with Gasteiger partial charge in [-0.2, -0.15) is 0 Å². The fourth-order valence-electron chi connectivity index (χ4n) is 3.19. The first-order valence-corrected chi connectivity index (χ1v) is 6.55. The van der Waals surface area contributed by atoms with E-state index in [1.165, 1.54) is 7.11 Å². The van der Waals surface area contributed by atoms with Crippen LogP contribution >= 0.6 is 0 Å². The van der Waals surface area contributed by atoms with Gasteiger partial charge < -0.3 is 9.47 Å². The van der Waals surface area contributed by atoms with E-state index in [1.807, 2.05) is 26.0 Å². The van der Waals surface area contributed by atoms with Crippen LogP contribution in [0.3, 0.4) is 0 Å². The monoisotopic (exact) mass is 262 g/mol. The number of rotatable bonds is 3. The first-order valence-electron chi connectivity index (χ1n) is 6.55. The molecule has 2 rings (SSSR count). The van der Waals surface area contributed by atoms with E-state index in [4.69, 9.17) is 9.47 Å². The van der Waals surface area contributed by atoms with Crippen molar-refractivity contribution in [3.05, 3.63) is 28.8 Å². The molecule has 0 saturated heterocycles. The number of hydrogen-bond donors (Lipinski definition) is 0. The van der Waals surface area contributed by atoms with Crippen LogP contribution < -0.4 is 4.74 Å². The van der Waals surface area contributed by atoms with Crippen molar-refractivity contribution in [2.45, 2.75) is 39.5 Å². The quantitative estimate of drug-likeness (QED) is 0.785. The molecule has 3 nitrogen and oxygen atoms in total. The number of carbonyl (C=O) groups excluding carboxylic acids is 1. The van der Waals surface area contributed by atoms with Gasteiger partial charge in [-0.1, -0.05) is 19.9 Å². The Kier molecular flexibility index (Phi) is 3.12. The number of methoxy groups -OCH3 is 2. The van der Waals surface area contributed by atoms with E-state index < -0.39 is 5.41 Å². The third-order valence-electron chi connectivity index (χ3n) is 4.69. The summed E-state index contributed by atoms with van der Waals surface area (Å²) in [5.41, 5.74) is 2.73. The molecule has 104 valence electrons. The van der Waals surface area contributed by atoms with Gasteiger partial charge in [0.05, 0.1) is 19.6 Å². The average Bonchev–Trinajstić information content (AvgIpc) is 2.95. The predicted molar refractivity (Wildman–Crippen MR) is 74.6 cm³/mol. The molecule has 0 radical (unpaired) electrons. The third-order valence-corrected chi connectivity index (χ3v) is 4.69. The Morgan fingerprint density at radius 3 is 2.16 bits per heavy atom. The Balaban J connectivity index is 2.58. The Morgan fingerprint density at radius 2 is 1.74 bits per heavy atom. The molecule has 0 aliphatic heterocycles. The number of esters is 1.